The maximum Gasteiger partial charge on any atom is 0.346 e. The van der Waals surface area contributed by atoms with Gasteiger partial charge in [-0.05, 0) is 53.3 Å². The lowest BCUT2D eigenvalue weighted by molar-refractivity contribution is -0.422. The maximum absolute atomic E-state index is 11.4. The number of nitrogens with zero attached hydrogens (tertiary/aromatic N) is 3. The van der Waals surface area contributed by atoms with E-state index in [-0.39, 0.29) is 0 Å². The molecule has 3 aromatic carbocycles. The van der Waals surface area contributed by atoms with Crippen molar-refractivity contribution >= 4 is 29.2 Å². The van der Waals surface area contributed by atoms with E-state index in [0.29, 0.717) is 5.56 Å². The molecule has 0 bridgehead atoms. The molecule has 0 atom stereocenters. The Kier molecular flexibility index (Phi) is 36.7. The Labute approximate surface area is 435 Å². The lowest BCUT2D eigenvalue weighted by Crippen LogP contribution is -2.25. The molecule has 0 N–H and O–H groups in total. The van der Waals surface area contributed by atoms with Crippen LogP contribution >= 0.6 is 0 Å². The molecule has 7 heteroatoms. The topological polar surface area (TPSA) is 89.5 Å². The van der Waals surface area contributed by atoms with Crippen molar-refractivity contribution in [2.24, 2.45) is 0 Å². The summed E-state index contributed by atoms with van der Waals surface area (Å²) >= 11 is 0. The number of unbranched alkanes of at least 4 members (excludes halogenated alkanes) is 38. The Balaban J connectivity index is 1.35. The highest BCUT2D eigenvalue weighted by molar-refractivity contribution is 5.74. The smallest absolute Gasteiger partial charge is 0.346 e. The first-order chi connectivity index (χ1) is 34.9. The van der Waals surface area contributed by atoms with E-state index in [4.69, 9.17) is 0 Å². The summed E-state index contributed by atoms with van der Waals surface area (Å²) in [6, 6.07) is 21.3. The van der Waals surface area contributed by atoms with Gasteiger partial charge >= 0.3 is 11.4 Å². The number of hydrogen-bond acceptors (Lipinski definition) is 5. The zero-order valence-corrected chi connectivity index (χ0v) is 45.7. The van der Waals surface area contributed by atoms with Crippen molar-refractivity contribution in [1.82, 2.24) is 0 Å². The number of benzene rings is 3. The van der Waals surface area contributed by atoms with Gasteiger partial charge in [-0.1, -0.05) is 306 Å². The van der Waals surface area contributed by atoms with Crippen LogP contribution in [0.5, 0.6) is 0 Å². The second kappa shape index (κ2) is 42.5. The molecule has 7 nitrogen and oxygen atoms in total. The molecule has 0 unspecified atom stereocenters. The summed E-state index contributed by atoms with van der Waals surface area (Å²) in [7, 11) is 0. The van der Waals surface area contributed by atoms with Crippen molar-refractivity contribution in [3.63, 3.8) is 0 Å². The van der Waals surface area contributed by atoms with Crippen molar-refractivity contribution in [1.29, 1.82) is 0 Å². The Morgan fingerprint density at radius 1 is 0.338 bits per heavy atom. The number of anilines is 1. The molecule has 0 saturated heterocycles. The summed E-state index contributed by atoms with van der Waals surface area (Å²) in [5.41, 5.74) is 4.11. The fourth-order valence-corrected chi connectivity index (χ4v) is 10.3. The van der Waals surface area contributed by atoms with Crippen LogP contribution in [-0.4, -0.2) is 22.9 Å². The Morgan fingerprint density at radius 3 is 0.915 bits per heavy atom. The molecule has 0 fully saturated rings. The van der Waals surface area contributed by atoms with Crippen LogP contribution in [0, 0.1) is 20.2 Å². The zero-order chi connectivity index (χ0) is 50.7. The number of hydrogen-bond donors (Lipinski definition) is 0. The van der Waals surface area contributed by atoms with Gasteiger partial charge in [-0.3, -0.25) is 20.2 Å². The van der Waals surface area contributed by atoms with Gasteiger partial charge in [0, 0.05) is 30.9 Å². The summed E-state index contributed by atoms with van der Waals surface area (Å²) in [5.74, 6) is 0. The zero-order valence-electron chi connectivity index (χ0n) is 45.7. The number of nitro benzene ring substituents is 2. The summed E-state index contributed by atoms with van der Waals surface area (Å²) in [6.07, 6.45) is 59.9. The van der Waals surface area contributed by atoms with Crippen LogP contribution in [-0.2, 0) is 0 Å². The van der Waals surface area contributed by atoms with E-state index in [2.05, 4.69) is 55.1 Å². The average molecular weight is 979 g/mol. The molecule has 0 spiro atoms. The number of rotatable bonds is 48. The second-order valence-electron chi connectivity index (χ2n) is 21.2. The molecular formula is C64H103N3O4. The largest absolute Gasteiger partial charge is 0.372 e. The summed E-state index contributed by atoms with van der Waals surface area (Å²) in [5, 5.41) is 22.6. The van der Waals surface area contributed by atoms with Gasteiger partial charge in [-0.15, -0.1) is 0 Å². The fraction of sp³-hybridized carbons (Fsp3) is 0.688. The molecule has 0 aromatic heterocycles. The third-order valence-electron chi connectivity index (χ3n) is 14.9. The van der Waals surface area contributed by atoms with Crippen LogP contribution in [0.25, 0.3) is 23.3 Å². The van der Waals surface area contributed by atoms with Crippen molar-refractivity contribution in [2.75, 3.05) is 18.0 Å². The molecular weight excluding hydrogens is 875 g/mol. The van der Waals surface area contributed by atoms with E-state index >= 15 is 0 Å². The van der Waals surface area contributed by atoms with Crippen molar-refractivity contribution in [3.05, 3.63) is 98.1 Å². The van der Waals surface area contributed by atoms with Crippen molar-refractivity contribution < 1.29 is 9.85 Å². The van der Waals surface area contributed by atoms with Gasteiger partial charge < -0.3 is 4.90 Å². The molecule has 0 aliphatic heterocycles. The fourth-order valence-electron chi connectivity index (χ4n) is 10.3. The van der Waals surface area contributed by atoms with E-state index < -0.39 is 21.2 Å². The maximum atomic E-state index is 11.4. The molecule has 0 aliphatic rings. The molecule has 3 aromatic rings. The van der Waals surface area contributed by atoms with Gasteiger partial charge in [0.1, 0.15) is 0 Å². The van der Waals surface area contributed by atoms with Gasteiger partial charge in [0.2, 0.25) is 0 Å². The van der Waals surface area contributed by atoms with Gasteiger partial charge in [-0.25, -0.2) is 0 Å². The quantitative estimate of drug-likeness (QED) is 0.0243. The minimum Gasteiger partial charge on any atom is -0.372 e. The van der Waals surface area contributed by atoms with Gasteiger partial charge in [0.15, 0.2) is 0 Å². The van der Waals surface area contributed by atoms with Gasteiger partial charge in [0.25, 0.3) is 0 Å². The Morgan fingerprint density at radius 2 is 0.606 bits per heavy atom. The van der Waals surface area contributed by atoms with E-state index in [9.17, 15) is 20.2 Å². The lowest BCUT2D eigenvalue weighted by atomic mass is 10.0. The lowest BCUT2D eigenvalue weighted by Gasteiger charge is -2.25. The highest BCUT2D eigenvalue weighted by Gasteiger charge is 2.23. The highest BCUT2D eigenvalue weighted by atomic mass is 16.6. The Hall–Kier alpha value is -4.00. The first-order valence-electron chi connectivity index (χ1n) is 30.0. The minimum absolute atomic E-state index is 0.502. The predicted octanol–water partition coefficient (Wildman–Crippen LogP) is 21.8. The molecule has 71 heavy (non-hydrogen) atoms. The van der Waals surface area contributed by atoms with Crippen molar-refractivity contribution in [2.45, 2.75) is 271 Å². The minimum atomic E-state index is -0.721. The molecule has 0 amide bonds. The normalized spacial score (nSPS) is 11.5. The van der Waals surface area contributed by atoms with Gasteiger partial charge in [-0.2, -0.15) is 0 Å². The van der Waals surface area contributed by atoms with Crippen LogP contribution in [0.4, 0.5) is 17.1 Å². The van der Waals surface area contributed by atoms with Crippen LogP contribution in [0.1, 0.15) is 282 Å². The van der Waals surface area contributed by atoms with Gasteiger partial charge in [0.05, 0.1) is 9.85 Å². The molecule has 398 valence electrons. The van der Waals surface area contributed by atoms with Crippen molar-refractivity contribution in [3.8, 4) is 11.1 Å². The Bertz CT molecular complexity index is 1730. The summed E-state index contributed by atoms with van der Waals surface area (Å²) in [6.45, 7) is 6.84. The van der Waals surface area contributed by atoms with E-state index in [1.165, 1.54) is 286 Å². The van der Waals surface area contributed by atoms with Crippen LogP contribution in [0.15, 0.2) is 66.7 Å². The molecule has 3 rings (SSSR count). The molecule has 0 aliphatic carbocycles. The third-order valence-corrected chi connectivity index (χ3v) is 14.9. The average Bonchev–Trinajstić information content (AvgIpc) is 3.38. The van der Waals surface area contributed by atoms with E-state index in [1.54, 1.807) is 6.08 Å². The van der Waals surface area contributed by atoms with Crippen LogP contribution in [0.2, 0.25) is 0 Å². The standard InChI is InChI=1S/C64H103N3O4/c1-3-5-7-9-11-13-15-17-19-21-23-25-27-29-31-33-35-37-39-41-55-65(56-42-40-38-36-34-32-30-28-26-24-22-20-18-16-14-12-10-8-6-4-2)62-52-50-61(51-53-62)60-48-45-58(46-49-60)43-44-59-47-54-63(66(68)69)64(57-59)67(70)71/h43-54,57H,3-42,55-56H2,1-2H3. The first kappa shape index (κ1) is 61.3. The number of nitro groups is 2. The second-order valence-corrected chi connectivity index (χ2v) is 21.2. The summed E-state index contributed by atoms with van der Waals surface area (Å²) < 4.78 is 0. The first-order valence-corrected chi connectivity index (χ1v) is 30.0. The molecule has 0 saturated carbocycles. The SMILES string of the molecule is CCCCCCCCCCCCCCCCCCCCCCN(CCCCCCCCCCCCCCCCCCCCCC)c1ccc(-c2ccc(C=Cc3ccc([N+](=O)[O-])c([N+](=O)[O-])c3)cc2)cc1. The van der Waals surface area contributed by atoms with Crippen LogP contribution in [0.3, 0.4) is 0 Å². The van der Waals surface area contributed by atoms with E-state index in [1.807, 2.05) is 18.2 Å². The summed E-state index contributed by atoms with van der Waals surface area (Å²) in [4.78, 5) is 23.8. The monoisotopic (exact) mass is 978 g/mol. The molecule has 0 heterocycles. The highest BCUT2D eigenvalue weighted by Crippen LogP contribution is 2.29. The predicted molar refractivity (Wildman–Crippen MR) is 309 cm³/mol. The third kappa shape index (κ3) is 30.6. The molecule has 0 radical (unpaired) electrons. The van der Waals surface area contributed by atoms with Crippen LogP contribution < -0.4 is 4.90 Å². The van der Waals surface area contributed by atoms with E-state index in [0.717, 1.165) is 24.2 Å².